The molecule has 2 heterocycles. The third-order valence-corrected chi connectivity index (χ3v) is 4.90. The maximum absolute atomic E-state index is 12.3. The van der Waals surface area contributed by atoms with E-state index in [9.17, 15) is 9.59 Å². The maximum Gasteiger partial charge on any atom is 0.344 e. The molecule has 0 unspecified atom stereocenters. The molecule has 0 bridgehead atoms. The molecule has 1 fully saturated rings. The molecule has 1 saturated heterocycles. The number of hydrogen-bond donors (Lipinski definition) is 0. The van der Waals surface area contributed by atoms with E-state index in [1.807, 2.05) is 41.3 Å². The fourth-order valence-corrected chi connectivity index (χ4v) is 3.29. The van der Waals surface area contributed by atoms with E-state index < -0.39 is 5.97 Å². The van der Waals surface area contributed by atoms with Crippen LogP contribution in [0.2, 0.25) is 0 Å². The molecule has 1 amide bonds. The average Bonchev–Trinajstić information content (AvgIpc) is 2.81. The van der Waals surface area contributed by atoms with E-state index in [2.05, 4.69) is 9.97 Å². The second-order valence-electron chi connectivity index (χ2n) is 6.87. The third kappa shape index (κ3) is 4.83. The first kappa shape index (κ1) is 19.6. The zero-order valence-corrected chi connectivity index (χ0v) is 16.4. The van der Waals surface area contributed by atoms with Crippen LogP contribution in [0.4, 0.5) is 5.95 Å². The first-order valence-electron chi connectivity index (χ1n) is 9.76. The summed E-state index contributed by atoms with van der Waals surface area (Å²) in [7, 11) is 0. The molecule has 30 heavy (non-hydrogen) atoms. The quantitative estimate of drug-likeness (QED) is 0.578. The molecule has 1 aliphatic heterocycles. The van der Waals surface area contributed by atoms with Gasteiger partial charge in [-0.1, -0.05) is 30.3 Å². The predicted octanol–water partition coefficient (Wildman–Crippen LogP) is 1.90. The van der Waals surface area contributed by atoms with Crippen molar-refractivity contribution in [2.45, 2.75) is 0 Å². The van der Waals surface area contributed by atoms with Gasteiger partial charge in [0, 0.05) is 38.6 Å². The van der Waals surface area contributed by atoms with E-state index in [0.29, 0.717) is 37.9 Å². The summed E-state index contributed by atoms with van der Waals surface area (Å²) < 4.78 is 10.6. The largest absolute Gasteiger partial charge is 0.482 e. The van der Waals surface area contributed by atoms with Gasteiger partial charge in [0.25, 0.3) is 5.91 Å². The highest BCUT2D eigenvalue weighted by atomic mass is 16.6. The van der Waals surface area contributed by atoms with Crippen LogP contribution in [0.25, 0.3) is 10.8 Å². The zero-order valence-electron chi connectivity index (χ0n) is 16.4. The minimum Gasteiger partial charge on any atom is -0.482 e. The molecule has 0 aliphatic carbocycles. The van der Waals surface area contributed by atoms with E-state index in [-0.39, 0.29) is 19.1 Å². The van der Waals surface area contributed by atoms with Crippen molar-refractivity contribution < 1.29 is 19.1 Å². The highest BCUT2D eigenvalue weighted by Crippen LogP contribution is 2.20. The standard InChI is InChI=1S/C22H22N4O4/c27-20(25-10-12-26(13-11-25)22-23-8-3-9-24-22)15-30-21(28)16-29-19-7-6-17-4-1-2-5-18(17)14-19/h1-9,14H,10-13,15-16H2. The number of aromatic nitrogens is 2. The fraction of sp³-hybridized carbons (Fsp3) is 0.273. The smallest absolute Gasteiger partial charge is 0.344 e. The molecule has 2 aromatic carbocycles. The van der Waals surface area contributed by atoms with Gasteiger partial charge in [0.1, 0.15) is 5.75 Å². The normalized spacial score (nSPS) is 13.9. The van der Waals surface area contributed by atoms with Gasteiger partial charge in [-0.3, -0.25) is 4.79 Å². The van der Waals surface area contributed by atoms with Gasteiger partial charge in [-0.25, -0.2) is 14.8 Å². The Kier molecular flexibility index (Phi) is 6.03. The summed E-state index contributed by atoms with van der Waals surface area (Å²) in [5.74, 6) is 0.439. The Morgan fingerprint density at radius 2 is 1.60 bits per heavy atom. The lowest BCUT2D eigenvalue weighted by Crippen LogP contribution is -2.50. The number of hydrogen-bond acceptors (Lipinski definition) is 7. The molecule has 0 N–H and O–H groups in total. The number of esters is 1. The van der Waals surface area contributed by atoms with Gasteiger partial charge < -0.3 is 19.3 Å². The summed E-state index contributed by atoms with van der Waals surface area (Å²) in [5, 5.41) is 2.12. The molecule has 8 nitrogen and oxygen atoms in total. The van der Waals surface area contributed by atoms with E-state index in [1.165, 1.54) is 0 Å². The van der Waals surface area contributed by atoms with Crippen LogP contribution in [0.1, 0.15) is 0 Å². The Hall–Kier alpha value is -3.68. The second-order valence-corrected chi connectivity index (χ2v) is 6.87. The maximum atomic E-state index is 12.3. The first-order valence-corrected chi connectivity index (χ1v) is 9.76. The highest BCUT2D eigenvalue weighted by molar-refractivity contribution is 5.84. The zero-order chi connectivity index (χ0) is 20.8. The van der Waals surface area contributed by atoms with Crippen LogP contribution in [0.15, 0.2) is 60.9 Å². The van der Waals surface area contributed by atoms with Crippen molar-refractivity contribution in [2.24, 2.45) is 0 Å². The Bertz CT molecular complexity index is 1020. The summed E-state index contributed by atoms with van der Waals surface area (Å²) in [6, 6.07) is 15.3. The topological polar surface area (TPSA) is 84.9 Å². The molecule has 1 aliphatic rings. The van der Waals surface area contributed by atoms with Gasteiger partial charge in [0.15, 0.2) is 13.2 Å². The van der Waals surface area contributed by atoms with Gasteiger partial charge in [-0.2, -0.15) is 0 Å². The van der Waals surface area contributed by atoms with Crippen molar-refractivity contribution in [1.82, 2.24) is 14.9 Å². The van der Waals surface area contributed by atoms with Crippen LogP contribution >= 0.6 is 0 Å². The summed E-state index contributed by atoms with van der Waals surface area (Å²) >= 11 is 0. The number of carbonyl (C=O) groups is 2. The molecule has 0 atom stereocenters. The Balaban J connectivity index is 1.19. The van der Waals surface area contributed by atoms with Crippen molar-refractivity contribution in [3.63, 3.8) is 0 Å². The Morgan fingerprint density at radius 3 is 2.37 bits per heavy atom. The summed E-state index contributed by atoms with van der Waals surface area (Å²) in [4.78, 5) is 36.4. The second kappa shape index (κ2) is 9.21. The lowest BCUT2D eigenvalue weighted by Gasteiger charge is -2.34. The minimum absolute atomic E-state index is 0.220. The van der Waals surface area contributed by atoms with Gasteiger partial charge in [-0.15, -0.1) is 0 Å². The number of rotatable bonds is 6. The van der Waals surface area contributed by atoms with Crippen LogP contribution < -0.4 is 9.64 Å². The first-order chi connectivity index (χ1) is 14.7. The Labute approximate surface area is 174 Å². The van der Waals surface area contributed by atoms with Gasteiger partial charge in [0.05, 0.1) is 0 Å². The van der Waals surface area contributed by atoms with Gasteiger partial charge in [0.2, 0.25) is 5.95 Å². The SMILES string of the molecule is O=C(COc1ccc2ccccc2c1)OCC(=O)N1CCN(c2ncccn2)CC1. The van der Waals surface area contributed by atoms with Crippen molar-refractivity contribution in [3.8, 4) is 5.75 Å². The van der Waals surface area contributed by atoms with Crippen molar-refractivity contribution in [2.75, 3.05) is 44.3 Å². The number of nitrogens with zero attached hydrogens (tertiary/aromatic N) is 4. The van der Waals surface area contributed by atoms with Crippen LogP contribution in [-0.2, 0) is 14.3 Å². The number of piperazine rings is 1. The number of carbonyl (C=O) groups excluding carboxylic acids is 2. The number of fused-ring (bicyclic) bond motifs is 1. The average molecular weight is 406 g/mol. The molecule has 0 saturated carbocycles. The van der Waals surface area contributed by atoms with Crippen molar-refractivity contribution in [3.05, 3.63) is 60.9 Å². The van der Waals surface area contributed by atoms with Crippen LogP contribution in [-0.4, -0.2) is 66.1 Å². The summed E-state index contributed by atoms with van der Waals surface area (Å²) in [6.07, 6.45) is 3.39. The van der Waals surface area contributed by atoms with E-state index in [0.717, 1.165) is 10.8 Å². The highest BCUT2D eigenvalue weighted by Gasteiger charge is 2.23. The number of anilines is 1. The minimum atomic E-state index is -0.576. The van der Waals surface area contributed by atoms with Gasteiger partial charge >= 0.3 is 5.97 Å². The molecule has 1 aromatic heterocycles. The summed E-state index contributed by atoms with van der Waals surface area (Å²) in [5.41, 5.74) is 0. The van der Waals surface area contributed by atoms with Crippen LogP contribution in [0.3, 0.4) is 0 Å². The molecular weight excluding hydrogens is 384 g/mol. The lowest BCUT2D eigenvalue weighted by molar-refractivity contribution is -0.153. The van der Waals surface area contributed by atoms with Crippen LogP contribution in [0.5, 0.6) is 5.75 Å². The summed E-state index contributed by atoms with van der Waals surface area (Å²) in [6.45, 7) is 1.79. The van der Waals surface area contributed by atoms with Crippen molar-refractivity contribution in [1.29, 1.82) is 0 Å². The third-order valence-electron chi connectivity index (χ3n) is 4.90. The van der Waals surface area contributed by atoms with E-state index in [1.54, 1.807) is 29.4 Å². The molecule has 154 valence electrons. The number of amides is 1. The number of ether oxygens (including phenoxy) is 2. The molecule has 4 rings (SSSR count). The van der Waals surface area contributed by atoms with E-state index >= 15 is 0 Å². The monoisotopic (exact) mass is 406 g/mol. The van der Waals surface area contributed by atoms with E-state index in [4.69, 9.17) is 9.47 Å². The molecular formula is C22H22N4O4. The molecule has 0 radical (unpaired) electrons. The Morgan fingerprint density at radius 1 is 0.867 bits per heavy atom. The van der Waals surface area contributed by atoms with Gasteiger partial charge in [-0.05, 0) is 29.0 Å². The number of benzene rings is 2. The predicted molar refractivity (Wildman–Crippen MR) is 111 cm³/mol. The molecule has 0 spiro atoms. The molecule has 8 heteroatoms. The van der Waals surface area contributed by atoms with Crippen molar-refractivity contribution >= 4 is 28.6 Å². The molecule has 3 aromatic rings. The fourth-order valence-electron chi connectivity index (χ4n) is 3.29. The van der Waals surface area contributed by atoms with Crippen LogP contribution in [0, 0.1) is 0 Å². The lowest BCUT2D eigenvalue weighted by atomic mass is 10.1.